The number of thiocarbonyl (C=S) groups is 1. The minimum Gasteiger partial charge on any atom is -0.389 e. The van der Waals surface area contributed by atoms with Crippen LogP contribution in [0.5, 0.6) is 0 Å². The number of aryl methyl sites for hydroxylation is 2. The topological polar surface area (TPSA) is 29.3 Å². The maximum absolute atomic E-state index is 5.81. The minimum absolute atomic E-state index is 0.425. The van der Waals surface area contributed by atoms with Gasteiger partial charge in [-0.3, -0.25) is 0 Å². The molecule has 0 unspecified atom stereocenters. The molecule has 98 valence electrons. The highest BCUT2D eigenvalue weighted by Crippen LogP contribution is 2.28. The lowest BCUT2D eigenvalue weighted by atomic mass is 10.1. The minimum atomic E-state index is 0.425. The molecule has 0 amide bonds. The summed E-state index contributed by atoms with van der Waals surface area (Å²) in [6.45, 7) is 4.15. The van der Waals surface area contributed by atoms with Gasteiger partial charge in [0.25, 0.3) is 0 Å². The summed E-state index contributed by atoms with van der Waals surface area (Å²) in [6.07, 6.45) is 0. The Morgan fingerprint density at radius 3 is 2.16 bits per heavy atom. The van der Waals surface area contributed by atoms with Crippen molar-refractivity contribution in [1.29, 1.82) is 0 Å². The number of hydrogen-bond donors (Lipinski definition) is 1. The Morgan fingerprint density at radius 2 is 1.58 bits per heavy atom. The first kappa shape index (κ1) is 13.6. The van der Waals surface area contributed by atoms with Crippen LogP contribution in [0.1, 0.15) is 16.7 Å². The molecule has 0 spiro atoms. The van der Waals surface area contributed by atoms with Gasteiger partial charge in [0.15, 0.2) is 0 Å². The first-order valence-corrected chi connectivity index (χ1v) is 6.60. The third kappa shape index (κ3) is 2.93. The van der Waals surface area contributed by atoms with Gasteiger partial charge in [-0.1, -0.05) is 36.0 Å². The molecule has 0 heterocycles. The molecule has 19 heavy (non-hydrogen) atoms. The lowest BCUT2D eigenvalue weighted by Crippen LogP contribution is -2.17. The summed E-state index contributed by atoms with van der Waals surface area (Å²) < 4.78 is 0. The van der Waals surface area contributed by atoms with Gasteiger partial charge >= 0.3 is 0 Å². The van der Waals surface area contributed by atoms with Crippen molar-refractivity contribution in [1.82, 2.24) is 0 Å². The van der Waals surface area contributed by atoms with Crippen LogP contribution in [0.25, 0.3) is 0 Å². The number of rotatable bonds is 3. The first-order valence-electron chi connectivity index (χ1n) is 6.20. The number of nitrogens with two attached hydrogens (primary N) is 1. The molecule has 0 saturated heterocycles. The van der Waals surface area contributed by atoms with Gasteiger partial charge in [0.1, 0.15) is 4.99 Å². The molecule has 2 nitrogen and oxygen atoms in total. The third-order valence-corrected chi connectivity index (χ3v) is 3.42. The fraction of sp³-hybridized carbons (Fsp3) is 0.188. The van der Waals surface area contributed by atoms with E-state index in [1.54, 1.807) is 0 Å². The number of anilines is 2. The Hall–Kier alpha value is -1.87. The molecule has 0 radical (unpaired) electrons. The molecular formula is C16H18N2S. The third-order valence-electron chi connectivity index (χ3n) is 3.20. The Kier molecular flexibility index (Phi) is 3.86. The maximum atomic E-state index is 5.81. The molecule has 0 aliphatic rings. The number of hydrogen-bond acceptors (Lipinski definition) is 2. The van der Waals surface area contributed by atoms with E-state index in [4.69, 9.17) is 18.0 Å². The van der Waals surface area contributed by atoms with E-state index < -0.39 is 0 Å². The summed E-state index contributed by atoms with van der Waals surface area (Å²) >= 11 is 5.13. The van der Waals surface area contributed by atoms with Crippen LogP contribution in [-0.4, -0.2) is 12.0 Å². The van der Waals surface area contributed by atoms with Crippen molar-refractivity contribution in [2.75, 3.05) is 11.9 Å². The number of benzene rings is 2. The van der Waals surface area contributed by atoms with Crippen LogP contribution >= 0.6 is 12.2 Å². The average Bonchev–Trinajstić information content (AvgIpc) is 2.38. The summed E-state index contributed by atoms with van der Waals surface area (Å²) in [5.74, 6) is 0. The Balaban J connectivity index is 2.48. The summed E-state index contributed by atoms with van der Waals surface area (Å²) in [5.41, 5.74) is 11.3. The van der Waals surface area contributed by atoms with Crippen LogP contribution in [0, 0.1) is 13.8 Å². The van der Waals surface area contributed by atoms with Crippen molar-refractivity contribution in [3.05, 3.63) is 59.2 Å². The van der Waals surface area contributed by atoms with Gasteiger partial charge in [0.05, 0.1) is 5.69 Å². The van der Waals surface area contributed by atoms with Crippen LogP contribution in [0.4, 0.5) is 11.4 Å². The van der Waals surface area contributed by atoms with Crippen molar-refractivity contribution in [3.63, 3.8) is 0 Å². The monoisotopic (exact) mass is 270 g/mol. The zero-order valence-electron chi connectivity index (χ0n) is 11.5. The second kappa shape index (κ2) is 5.41. The van der Waals surface area contributed by atoms with Crippen LogP contribution in [0.3, 0.4) is 0 Å². The largest absolute Gasteiger partial charge is 0.389 e. The lowest BCUT2D eigenvalue weighted by molar-refractivity contribution is 1.19. The van der Waals surface area contributed by atoms with Gasteiger partial charge in [0.2, 0.25) is 0 Å². The van der Waals surface area contributed by atoms with E-state index in [-0.39, 0.29) is 0 Å². The zero-order valence-corrected chi connectivity index (χ0v) is 12.3. The first-order chi connectivity index (χ1) is 8.99. The molecule has 3 heteroatoms. The van der Waals surface area contributed by atoms with Gasteiger partial charge in [0, 0.05) is 18.3 Å². The normalized spacial score (nSPS) is 10.3. The van der Waals surface area contributed by atoms with E-state index >= 15 is 0 Å². The number of nitrogens with zero attached hydrogens (tertiary/aromatic N) is 1. The van der Waals surface area contributed by atoms with Gasteiger partial charge in [-0.15, -0.1) is 0 Å². The molecule has 2 N–H and O–H groups in total. The molecule has 2 aromatic carbocycles. The van der Waals surface area contributed by atoms with E-state index in [1.807, 2.05) is 19.2 Å². The van der Waals surface area contributed by atoms with Crippen LogP contribution < -0.4 is 10.6 Å². The van der Waals surface area contributed by atoms with Crippen LogP contribution in [0.15, 0.2) is 42.5 Å². The van der Waals surface area contributed by atoms with Crippen molar-refractivity contribution in [2.45, 2.75) is 13.8 Å². The highest BCUT2D eigenvalue weighted by Gasteiger charge is 2.11. The Labute approximate surface area is 119 Å². The summed E-state index contributed by atoms with van der Waals surface area (Å²) in [6, 6.07) is 14.5. The lowest BCUT2D eigenvalue weighted by Gasteiger charge is -2.23. The van der Waals surface area contributed by atoms with E-state index in [9.17, 15) is 0 Å². The molecule has 0 saturated carbocycles. The average molecular weight is 270 g/mol. The fourth-order valence-corrected chi connectivity index (χ4v) is 2.21. The summed E-state index contributed by atoms with van der Waals surface area (Å²) in [7, 11) is 2.03. The van der Waals surface area contributed by atoms with E-state index in [0.717, 1.165) is 16.9 Å². The van der Waals surface area contributed by atoms with E-state index in [0.29, 0.717) is 4.99 Å². The summed E-state index contributed by atoms with van der Waals surface area (Å²) in [5, 5.41) is 0. The molecule has 0 fully saturated rings. The van der Waals surface area contributed by atoms with Crippen LogP contribution in [-0.2, 0) is 0 Å². The SMILES string of the molecule is Cc1ccc(N(C)c2cc(C)ccc2C(N)=S)cc1. The predicted molar refractivity (Wildman–Crippen MR) is 86.3 cm³/mol. The fourth-order valence-electron chi connectivity index (χ4n) is 2.03. The summed E-state index contributed by atoms with van der Waals surface area (Å²) in [4.78, 5) is 2.54. The van der Waals surface area contributed by atoms with Gasteiger partial charge in [-0.2, -0.15) is 0 Å². The molecule has 2 rings (SSSR count). The molecule has 0 bridgehead atoms. The second-order valence-corrected chi connectivity index (χ2v) is 5.22. The van der Waals surface area contributed by atoms with Gasteiger partial charge < -0.3 is 10.6 Å². The Morgan fingerprint density at radius 1 is 1.00 bits per heavy atom. The molecular weight excluding hydrogens is 252 g/mol. The predicted octanol–water partition coefficient (Wildman–Crippen LogP) is 3.71. The Bertz CT molecular complexity index is 603. The van der Waals surface area contributed by atoms with Crippen molar-refractivity contribution < 1.29 is 0 Å². The van der Waals surface area contributed by atoms with Crippen molar-refractivity contribution in [3.8, 4) is 0 Å². The zero-order chi connectivity index (χ0) is 14.0. The van der Waals surface area contributed by atoms with Gasteiger partial charge in [-0.25, -0.2) is 0 Å². The second-order valence-electron chi connectivity index (χ2n) is 4.78. The van der Waals surface area contributed by atoms with Crippen LogP contribution in [0.2, 0.25) is 0 Å². The van der Waals surface area contributed by atoms with E-state index in [2.05, 4.69) is 49.1 Å². The highest BCUT2D eigenvalue weighted by molar-refractivity contribution is 7.80. The van der Waals surface area contributed by atoms with Gasteiger partial charge in [-0.05, 0) is 43.7 Å². The quantitative estimate of drug-likeness (QED) is 0.862. The highest BCUT2D eigenvalue weighted by atomic mass is 32.1. The standard InChI is InChI=1S/C16H18N2S/c1-11-4-7-13(8-5-11)18(3)15-10-12(2)6-9-14(15)16(17)19/h4-10H,1-3H3,(H2,17,19). The maximum Gasteiger partial charge on any atom is 0.106 e. The molecule has 0 aliphatic heterocycles. The molecule has 0 atom stereocenters. The molecule has 0 aliphatic carbocycles. The van der Waals surface area contributed by atoms with Crippen molar-refractivity contribution in [2.24, 2.45) is 5.73 Å². The smallest absolute Gasteiger partial charge is 0.106 e. The molecule has 2 aromatic rings. The van der Waals surface area contributed by atoms with Crippen molar-refractivity contribution >= 4 is 28.6 Å². The van der Waals surface area contributed by atoms with E-state index in [1.165, 1.54) is 11.1 Å². The molecule has 0 aromatic heterocycles.